The van der Waals surface area contributed by atoms with Gasteiger partial charge in [0.25, 0.3) is 0 Å². The van der Waals surface area contributed by atoms with Gasteiger partial charge in [-0.15, -0.1) is 0 Å². The third kappa shape index (κ3) is 4.88. The van der Waals surface area contributed by atoms with Gasteiger partial charge in [-0.25, -0.2) is 0 Å². The summed E-state index contributed by atoms with van der Waals surface area (Å²) in [5.74, 6) is 0. The number of aromatic nitrogens is 2. The molecule has 278 valence electrons. The summed E-state index contributed by atoms with van der Waals surface area (Å²) in [7, 11) is 0. The molecule has 11 aromatic carbocycles. The van der Waals surface area contributed by atoms with E-state index in [9.17, 15) is 0 Å². The van der Waals surface area contributed by atoms with Crippen LogP contribution in [0.1, 0.15) is 0 Å². The maximum absolute atomic E-state index is 2.42. The monoisotopic (exact) mass is 760 g/mol. The highest BCUT2D eigenvalue weighted by Crippen LogP contribution is 2.41. The van der Waals surface area contributed by atoms with Gasteiger partial charge in [-0.2, -0.15) is 0 Å². The van der Waals surface area contributed by atoms with Crippen LogP contribution in [0.25, 0.3) is 120 Å². The van der Waals surface area contributed by atoms with Gasteiger partial charge in [0, 0.05) is 32.9 Å². The van der Waals surface area contributed by atoms with Crippen molar-refractivity contribution in [3.63, 3.8) is 0 Å². The van der Waals surface area contributed by atoms with Crippen LogP contribution in [0, 0.1) is 0 Å². The molecule has 0 unspecified atom stereocenters. The van der Waals surface area contributed by atoms with Gasteiger partial charge in [0.1, 0.15) is 0 Å². The first-order chi connectivity index (χ1) is 29.7. The Bertz CT molecular complexity index is 3880. The van der Waals surface area contributed by atoms with Gasteiger partial charge in [0.15, 0.2) is 0 Å². The molecule has 60 heavy (non-hydrogen) atoms. The second-order valence-corrected chi connectivity index (χ2v) is 16.1. The summed E-state index contributed by atoms with van der Waals surface area (Å²) in [4.78, 5) is 0. The minimum Gasteiger partial charge on any atom is -0.309 e. The molecule has 13 rings (SSSR count). The van der Waals surface area contributed by atoms with Crippen LogP contribution in [0.15, 0.2) is 218 Å². The highest BCUT2D eigenvalue weighted by atomic mass is 15.0. The Balaban J connectivity index is 0.932. The summed E-state index contributed by atoms with van der Waals surface area (Å²) in [6.45, 7) is 0. The Morgan fingerprint density at radius 3 is 1.37 bits per heavy atom. The summed E-state index contributed by atoms with van der Waals surface area (Å²) >= 11 is 0. The zero-order chi connectivity index (χ0) is 39.3. The Morgan fingerprint density at radius 1 is 0.217 bits per heavy atom. The molecule has 2 heterocycles. The normalized spacial score (nSPS) is 12.0. The zero-order valence-electron chi connectivity index (χ0n) is 32.7. The molecule has 0 bridgehead atoms. The Kier molecular flexibility index (Phi) is 7.05. The van der Waals surface area contributed by atoms with Gasteiger partial charge in [0.2, 0.25) is 0 Å². The van der Waals surface area contributed by atoms with E-state index in [1.165, 1.54) is 115 Å². The largest absolute Gasteiger partial charge is 0.309 e. The maximum atomic E-state index is 2.42. The van der Waals surface area contributed by atoms with E-state index in [0.717, 1.165) is 5.69 Å². The average Bonchev–Trinajstić information content (AvgIpc) is 3.83. The summed E-state index contributed by atoms with van der Waals surface area (Å²) in [6, 6.07) is 80.6. The second-order valence-electron chi connectivity index (χ2n) is 16.1. The molecular weight excluding hydrogens is 725 g/mol. The molecule has 13 aromatic rings. The number of nitrogens with zero attached hydrogens (tertiary/aromatic N) is 2. The summed E-state index contributed by atoms with van der Waals surface area (Å²) in [6.07, 6.45) is 0. The summed E-state index contributed by atoms with van der Waals surface area (Å²) < 4.78 is 4.83. The molecule has 0 aliphatic carbocycles. The van der Waals surface area contributed by atoms with Crippen molar-refractivity contribution in [2.24, 2.45) is 0 Å². The van der Waals surface area contributed by atoms with E-state index >= 15 is 0 Å². The van der Waals surface area contributed by atoms with Crippen LogP contribution in [-0.4, -0.2) is 9.13 Å². The van der Waals surface area contributed by atoms with Crippen LogP contribution in [0.3, 0.4) is 0 Å². The number of fused-ring (bicyclic) bond motifs is 12. The van der Waals surface area contributed by atoms with Crippen LogP contribution >= 0.6 is 0 Å². The Morgan fingerprint density at radius 2 is 0.683 bits per heavy atom. The van der Waals surface area contributed by atoms with Crippen LogP contribution < -0.4 is 0 Å². The molecule has 0 fully saturated rings. The van der Waals surface area contributed by atoms with Crippen molar-refractivity contribution < 1.29 is 0 Å². The summed E-state index contributed by atoms with van der Waals surface area (Å²) in [5, 5.41) is 15.2. The van der Waals surface area contributed by atoms with Crippen LogP contribution in [0.4, 0.5) is 0 Å². The molecule has 0 N–H and O–H groups in total. The average molecular weight is 761 g/mol. The number of hydrogen-bond acceptors (Lipinski definition) is 0. The van der Waals surface area contributed by atoms with Gasteiger partial charge in [0.05, 0.1) is 22.1 Å². The van der Waals surface area contributed by atoms with Crippen molar-refractivity contribution in [3.05, 3.63) is 218 Å². The topological polar surface area (TPSA) is 9.86 Å². The first-order valence-electron chi connectivity index (χ1n) is 20.8. The van der Waals surface area contributed by atoms with Crippen molar-refractivity contribution >= 4 is 86.7 Å². The Hall–Kier alpha value is -7.94. The fraction of sp³-hybridized carbons (Fsp3) is 0. The third-order valence-corrected chi connectivity index (χ3v) is 12.9. The van der Waals surface area contributed by atoms with E-state index in [0.29, 0.717) is 0 Å². The van der Waals surface area contributed by atoms with Crippen molar-refractivity contribution in [3.8, 4) is 33.6 Å². The molecule has 2 heteroatoms. The number of benzene rings is 11. The molecular formula is C58H36N2. The minimum absolute atomic E-state index is 1.15. The van der Waals surface area contributed by atoms with Crippen molar-refractivity contribution in [1.29, 1.82) is 0 Å². The second kappa shape index (κ2) is 12.8. The molecule has 0 saturated carbocycles. The molecule has 0 radical (unpaired) electrons. The lowest BCUT2D eigenvalue weighted by Gasteiger charge is -2.14. The molecule has 0 atom stereocenters. The highest BCUT2D eigenvalue weighted by Gasteiger charge is 2.17. The fourth-order valence-corrected chi connectivity index (χ4v) is 10.1. The van der Waals surface area contributed by atoms with E-state index in [-0.39, 0.29) is 0 Å². The van der Waals surface area contributed by atoms with Gasteiger partial charge in [-0.05, 0) is 132 Å². The van der Waals surface area contributed by atoms with Crippen LogP contribution in [0.2, 0.25) is 0 Å². The van der Waals surface area contributed by atoms with Gasteiger partial charge < -0.3 is 9.13 Å². The maximum Gasteiger partial charge on any atom is 0.0541 e. The van der Waals surface area contributed by atoms with Crippen molar-refractivity contribution in [2.45, 2.75) is 0 Å². The standard InChI is InChI=1S/C58H36N2/c1-2-13-40-33-44(29-21-37(40)11-1)60-56-20-10-8-18-50(56)54-35-42(26-32-58(54)60)41-25-31-57-53(34-41)49-17-7-9-19-55(49)59(57)43-27-22-39(23-28-43)51-36-52-45-14-4-3-12-38(45)24-30-48(52)46-15-5-6-16-47(46)51/h1-36H. The number of para-hydroxylation sites is 2. The number of rotatable bonds is 4. The quantitative estimate of drug-likeness (QED) is 0.158. The van der Waals surface area contributed by atoms with Crippen molar-refractivity contribution in [1.82, 2.24) is 9.13 Å². The molecule has 2 aromatic heterocycles. The third-order valence-electron chi connectivity index (χ3n) is 12.9. The molecule has 0 spiro atoms. The molecule has 0 aliphatic heterocycles. The molecule has 2 nitrogen and oxygen atoms in total. The molecule has 0 aliphatic rings. The highest BCUT2D eigenvalue weighted by molar-refractivity contribution is 6.21. The predicted molar refractivity (Wildman–Crippen MR) is 256 cm³/mol. The number of hydrogen-bond donors (Lipinski definition) is 0. The fourth-order valence-electron chi connectivity index (χ4n) is 10.1. The first kappa shape index (κ1) is 33.1. The Labute approximate surface area is 346 Å². The summed E-state index contributed by atoms with van der Waals surface area (Å²) in [5.41, 5.74) is 12.0. The lowest BCUT2D eigenvalue weighted by atomic mass is 9.91. The van der Waals surface area contributed by atoms with E-state index in [2.05, 4.69) is 228 Å². The van der Waals surface area contributed by atoms with E-state index in [4.69, 9.17) is 0 Å². The van der Waals surface area contributed by atoms with Gasteiger partial charge in [-0.1, -0.05) is 152 Å². The van der Waals surface area contributed by atoms with Crippen LogP contribution in [0.5, 0.6) is 0 Å². The van der Waals surface area contributed by atoms with Crippen LogP contribution in [-0.2, 0) is 0 Å². The zero-order valence-corrected chi connectivity index (χ0v) is 32.7. The van der Waals surface area contributed by atoms with Gasteiger partial charge >= 0.3 is 0 Å². The van der Waals surface area contributed by atoms with E-state index in [1.54, 1.807) is 0 Å². The van der Waals surface area contributed by atoms with E-state index in [1.807, 2.05) is 0 Å². The molecule has 0 saturated heterocycles. The van der Waals surface area contributed by atoms with E-state index < -0.39 is 0 Å². The lowest BCUT2D eigenvalue weighted by Crippen LogP contribution is -1.94. The van der Waals surface area contributed by atoms with Crippen molar-refractivity contribution in [2.75, 3.05) is 0 Å². The predicted octanol–water partition coefficient (Wildman–Crippen LogP) is 15.8. The lowest BCUT2D eigenvalue weighted by molar-refractivity contribution is 1.18. The smallest absolute Gasteiger partial charge is 0.0541 e. The first-order valence-corrected chi connectivity index (χ1v) is 20.8. The SMILES string of the molecule is c1ccc2cc(-n3c4ccccc4c4cc(-c5ccc6c(c5)c5ccccc5n6-c5ccc(-c6cc7c8ccccc8ccc7c7ccccc67)cc5)ccc43)ccc2c1. The minimum atomic E-state index is 1.15. The van der Waals surface area contributed by atoms with Gasteiger partial charge in [-0.3, -0.25) is 0 Å². The molecule has 0 amide bonds.